The van der Waals surface area contributed by atoms with Gasteiger partial charge in [0.05, 0.1) is 0 Å². The zero-order valence-corrected chi connectivity index (χ0v) is 6.97. The Morgan fingerprint density at radius 3 is 2.62 bits per heavy atom. The van der Waals surface area contributed by atoms with Crippen LogP contribution in [0.1, 0.15) is 0 Å². The minimum absolute atomic E-state index is 0.0632. The summed E-state index contributed by atoms with van der Waals surface area (Å²) in [5.41, 5.74) is -0.0632. The number of pyridine rings is 1. The van der Waals surface area contributed by atoms with Crippen LogP contribution in [0, 0.1) is 10.1 Å². The van der Waals surface area contributed by atoms with Gasteiger partial charge in [-0.25, -0.2) is 0 Å². The first-order valence-electron chi connectivity index (χ1n) is 3.18. The van der Waals surface area contributed by atoms with E-state index in [9.17, 15) is 10.1 Å². The maximum Gasteiger partial charge on any atom is 0.488 e. The van der Waals surface area contributed by atoms with Gasteiger partial charge in [-0.2, -0.15) is 0 Å². The fraction of sp³-hybridized carbons (Fsp3) is 0. The lowest BCUT2D eigenvalue weighted by Gasteiger charge is -1.97. The Hall–Kier alpha value is -1.18. The summed E-state index contributed by atoms with van der Waals surface area (Å²) < 4.78 is 0. The van der Waals surface area contributed by atoms with Gasteiger partial charge in [-0.3, -0.25) is 0 Å². The third-order valence-corrected chi connectivity index (χ3v) is 1.48. The third-order valence-electron chi connectivity index (χ3n) is 1.29. The van der Waals surface area contributed by atoms with Gasteiger partial charge in [-0.15, -0.1) is 0 Å². The van der Waals surface area contributed by atoms with E-state index in [1.807, 2.05) is 0 Å². The fourth-order valence-electron chi connectivity index (χ4n) is 0.745. The monoisotopic (exact) mass is 202 g/mol. The molecule has 1 heterocycles. The van der Waals surface area contributed by atoms with Crippen molar-refractivity contribution in [3.05, 3.63) is 27.4 Å². The second-order valence-corrected chi connectivity index (χ2v) is 2.60. The van der Waals surface area contributed by atoms with Gasteiger partial charge in [0.15, 0.2) is 0 Å². The van der Waals surface area contributed by atoms with Crippen LogP contribution in [-0.2, 0) is 0 Å². The molecule has 0 spiro atoms. The van der Waals surface area contributed by atoms with Gasteiger partial charge in [0.25, 0.3) is 0 Å². The second kappa shape index (κ2) is 3.69. The highest BCUT2D eigenvalue weighted by molar-refractivity contribution is 6.59. The molecule has 0 aliphatic heterocycles. The Kier molecular flexibility index (Phi) is 2.81. The molecule has 0 unspecified atom stereocenters. The maximum absolute atomic E-state index is 10.2. The van der Waals surface area contributed by atoms with Crippen molar-refractivity contribution < 1.29 is 15.0 Å². The van der Waals surface area contributed by atoms with Crippen LogP contribution in [0.3, 0.4) is 0 Å². The smallest absolute Gasteiger partial charge is 0.423 e. The largest absolute Gasteiger partial charge is 0.488 e. The number of hydrogen-bond donors (Lipinski definition) is 2. The molecule has 0 saturated carbocycles. The number of aromatic nitrogens is 1. The normalized spacial score (nSPS) is 9.77. The molecule has 0 radical (unpaired) electrons. The first kappa shape index (κ1) is 9.91. The van der Waals surface area contributed by atoms with Crippen LogP contribution in [0.5, 0.6) is 0 Å². The standard InChI is InChI=1S/C5H4BClN2O4/c7-4-1-3(6(10)11)2-5(8-4)9(12)13/h1-2,10-11H. The lowest BCUT2D eigenvalue weighted by Crippen LogP contribution is -2.30. The topological polar surface area (TPSA) is 96.5 Å². The van der Waals surface area contributed by atoms with Gasteiger partial charge >= 0.3 is 12.9 Å². The second-order valence-electron chi connectivity index (χ2n) is 2.21. The quantitative estimate of drug-likeness (QED) is 0.287. The molecule has 0 aromatic carbocycles. The van der Waals surface area contributed by atoms with Gasteiger partial charge in [0.2, 0.25) is 5.15 Å². The molecule has 6 nitrogen and oxygen atoms in total. The van der Waals surface area contributed by atoms with Gasteiger partial charge in [-0.1, -0.05) is 0 Å². The van der Waals surface area contributed by atoms with E-state index in [2.05, 4.69) is 4.98 Å². The maximum atomic E-state index is 10.2. The lowest BCUT2D eigenvalue weighted by atomic mass is 9.81. The highest BCUT2D eigenvalue weighted by Crippen LogP contribution is 2.09. The van der Waals surface area contributed by atoms with Crippen LogP contribution in [0.4, 0.5) is 5.82 Å². The molecule has 0 aliphatic carbocycles. The van der Waals surface area contributed by atoms with E-state index >= 15 is 0 Å². The van der Waals surface area contributed by atoms with E-state index in [1.165, 1.54) is 0 Å². The van der Waals surface area contributed by atoms with Crippen molar-refractivity contribution in [1.29, 1.82) is 0 Å². The molecule has 8 heteroatoms. The molecule has 1 aromatic heterocycles. The van der Waals surface area contributed by atoms with Crippen molar-refractivity contribution in [2.24, 2.45) is 0 Å². The number of rotatable bonds is 2. The molecule has 2 N–H and O–H groups in total. The SMILES string of the molecule is O=[N+]([O-])c1cc(B(O)O)cc(Cl)n1. The van der Waals surface area contributed by atoms with E-state index in [-0.39, 0.29) is 10.6 Å². The third kappa shape index (κ3) is 2.38. The predicted octanol–water partition coefficient (Wildman–Crippen LogP) is -0.677. The van der Waals surface area contributed by atoms with Crippen LogP contribution in [-0.4, -0.2) is 27.1 Å². The summed E-state index contributed by atoms with van der Waals surface area (Å²) in [4.78, 5) is 12.8. The summed E-state index contributed by atoms with van der Waals surface area (Å²) in [6, 6.07) is 2.08. The Morgan fingerprint density at radius 1 is 1.54 bits per heavy atom. The average molecular weight is 202 g/mol. The summed E-state index contributed by atoms with van der Waals surface area (Å²) in [6.07, 6.45) is 0. The van der Waals surface area contributed by atoms with Crippen molar-refractivity contribution >= 4 is 30.0 Å². The fourth-order valence-corrected chi connectivity index (χ4v) is 0.957. The number of nitro groups is 1. The lowest BCUT2D eigenvalue weighted by molar-refractivity contribution is -0.389. The number of hydrogen-bond acceptors (Lipinski definition) is 5. The highest BCUT2D eigenvalue weighted by atomic mass is 35.5. The summed E-state index contributed by atoms with van der Waals surface area (Å²) in [7, 11) is -1.79. The molecule has 0 saturated heterocycles. The first-order chi connectivity index (χ1) is 6.00. The molecule has 1 aromatic rings. The molecule has 0 amide bonds. The van der Waals surface area contributed by atoms with Crippen molar-refractivity contribution in [3.63, 3.8) is 0 Å². The van der Waals surface area contributed by atoms with Crippen LogP contribution in [0.25, 0.3) is 0 Å². The summed E-state index contributed by atoms with van der Waals surface area (Å²) >= 11 is 5.40. The van der Waals surface area contributed by atoms with Crippen molar-refractivity contribution in [2.75, 3.05) is 0 Å². The van der Waals surface area contributed by atoms with E-state index in [4.69, 9.17) is 21.6 Å². The number of nitrogens with zero attached hydrogens (tertiary/aromatic N) is 2. The Bertz CT molecular complexity index is 345. The van der Waals surface area contributed by atoms with Crippen molar-refractivity contribution in [2.45, 2.75) is 0 Å². The van der Waals surface area contributed by atoms with Crippen LogP contribution >= 0.6 is 11.6 Å². The van der Waals surface area contributed by atoms with Gasteiger partial charge in [0.1, 0.15) is 0 Å². The molecule has 0 aliphatic rings. The van der Waals surface area contributed by atoms with Gasteiger partial charge in [0, 0.05) is 12.1 Å². The molecule has 68 valence electrons. The van der Waals surface area contributed by atoms with Crippen molar-refractivity contribution in [3.8, 4) is 0 Å². The van der Waals surface area contributed by atoms with E-state index in [0.717, 1.165) is 12.1 Å². The predicted molar refractivity (Wildman–Crippen MR) is 45.7 cm³/mol. The van der Waals surface area contributed by atoms with Crippen LogP contribution in [0.15, 0.2) is 12.1 Å². The van der Waals surface area contributed by atoms with E-state index in [1.54, 1.807) is 0 Å². The van der Waals surface area contributed by atoms with E-state index in [0.29, 0.717) is 0 Å². The van der Waals surface area contributed by atoms with Crippen LogP contribution in [0.2, 0.25) is 5.15 Å². The highest BCUT2D eigenvalue weighted by Gasteiger charge is 2.18. The Morgan fingerprint density at radius 2 is 2.15 bits per heavy atom. The number of halogens is 1. The summed E-state index contributed by atoms with van der Waals surface area (Å²) in [5, 5.41) is 27.5. The van der Waals surface area contributed by atoms with E-state index < -0.39 is 17.9 Å². The van der Waals surface area contributed by atoms with Gasteiger partial charge < -0.3 is 20.2 Å². The summed E-state index contributed by atoms with van der Waals surface area (Å²) in [5.74, 6) is -0.518. The zero-order chi connectivity index (χ0) is 10.0. The minimum atomic E-state index is -1.79. The molecular formula is C5H4BClN2O4. The summed E-state index contributed by atoms with van der Waals surface area (Å²) in [6.45, 7) is 0. The molecule has 13 heavy (non-hydrogen) atoms. The molecular weight excluding hydrogens is 198 g/mol. The molecule has 0 fully saturated rings. The zero-order valence-electron chi connectivity index (χ0n) is 6.22. The Labute approximate surface area is 78.1 Å². The molecule has 0 bridgehead atoms. The van der Waals surface area contributed by atoms with Crippen LogP contribution < -0.4 is 5.46 Å². The minimum Gasteiger partial charge on any atom is -0.423 e. The average Bonchev–Trinajstić information content (AvgIpc) is 2.03. The molecule has 1 rings (SSSR count). The molecule has 0 atom stereocenters. The van der Waals surface area contributed by atoms with Gasteiger partial charge in [-0.05, 0) is 27.0 Å². The van der Waals surface area contributed by atoms with Crippen molar-refractivity contribution in [1.82, 2.24) is 4.98 Å². The first-order valence-corrected chi connectivity index (χ1v) is 3.56. The Balaban J connectivity index is 3.19.